The molecule has 1 aliphatic heterocycles. The molecular weight excluding hydrogens is 811 g/mol. The lowest BCUT2D eigenvalue weighted by molar-refractivity contribution is -0.137. The van der Waals surface area contributed by atoms with Gasteiger partial charge < -0.3 is 61.1 Å². The largest absolute Gasteiger partial charge is 0.510 e. The number of nitrogens with two attached hydrogens (primary N) is 1. The highest BCUT2D eigenvalue weighted by molar-refractivity contribution is 7.99. The number of nitrogen functional groups attached to an aromatic ring is 1. The molecule has 0 aromatic carbocycles. The van der Waals surface area contributed by atoms with Crippen LogP contribution in [0, 0.1) is 5.41 Å². The minimum atomic E-state index is -5.57. The number of amides is 2. The molecule has 0 bridgehead atoms. The van der Waals surface area contributed by atoms with Crippen molar-refractivity contribution >= 4 is 64.0 Å². The summed E-state index contributed by atoms with van der Waals surface area (Å²) in [6.45, 7) is 0.103. The highest BCUT2D eigenvalue weighted by Gasteiger charge is 2.50. The SMILES string of the molecule is CC(C)(COP(=O)(O)OP(=O)(O)OC[C@H]1O[C@@H](n2cnc3c(N)ncnc32)[C@H](O)[C@@H]1OP(=O)(O)O)C(O)C(=O)NCCC(=O)NCCSC/C=C(\O)CO. The summed E-state index contributed by atoms with van der Waals surface area (Å²) in [5.41, 5.74) is 4.25. The smallest absolute Gasteiger partial charge is 0.481 e. The van der Waals surface area contributed by atoms with Crippen molar-refractivity contribution in [2.75, 3.05) is 50.1 Å². The van der Waals surface area contributed by atoms with Crippen LogP contribution < -0.4 is 16.4 Å². The number of thioether (sulfide) groups is 1. The summed E-state index contributed by atoms with van der Waals surface area (Å²) in [6, 6.07) is 0. The molecule has 0 aliphatic carbocycles. The lowest BCUT2D eigenvalue weighted by Crippen LogP contribution is -2.46. The molecular formula is C25H42N7O18P3S. The van der Waals surface area contributed by atoms with Crippen LogP contribution in [0.4, 0.5) is 5.82 Å². The highest BCUT2D eigenvalue weighted by Crippen LogP contribution is 2.61. The van der Waals surface area contributed by atoms with Crippen molar-refractivity contribution in [3.8, 4) is 0 Å². The Labute approximate surface area is 310 Å². The van der Waals surface area contributed by atoms with Gasteiger partial charge in [-0.05, 0) is 6.08 Å². The van der Waals surface area contributed by atoms with Crippen LogP contribution in [0.5, 0.6) is 0 Å². The second kappa shape index (κ2) is 19.5. The van der Waals surface area contributed by atoms with Gasteiger partial charge in [0.25, 0.3) is 0 Å². The van der Waals surface area contributed by atoms with Crippen molar-refractivity contribution < 1.29 is 85.9 Å². The standard InChI is InChI=1S/C25H42N7O18P3S/c1-25(2,20(37)23(38)28-5-3-16(35)27-6-8-54-7-4-14(34)9-33)11-47-53(44,45)50-52(42,43)46-10-15-19(49-51(39,40)41)18(36)24(48-15)32-13-31-17-21(26)29-12-30-22(17)32/h4,12-13,15,18-20,24,33-34,36-37H,3,5-11H2,1-2H3,(H,27,35)(H,28,38)(H,42,43)(H,44,45)(H2,26,29,30)(H2,39,40,41)/b14-4-/t15-,18-,19-,20?,24-/m1/s1. The maximum absolute atomic E-state index is 12.6. The Morgan fingerprint density at radius 2 is 1.80 bits per heavy atom. The Morgan fingerprint density at radius 3 is 2.46 bits per heavy atom. The average molecular weight is 854 g/mol. The predicted octanol–water partition coefficient (Wildman–Crippen LogP) is -1.43. The first-order valence-corrected chi connectivity index (χ1v) is 21.2. The minimum Gasteiger partial charge on any atom is -0.510 e. The Hall–Kier alpha value is -2.61. The first kappa shape index (κ1) is 45.8. The molecule has 25 nitrogen and oxygen atoms in total. The summed E-state index contributed by atoms with van der Waals surface area (Å²) in [5.74, 6) is -0.675. The van der Waals surface area contributed by atoms with Crippen LogP contribution in [-0.2, 0) is 45.9 Å². The summed E-state index contributed by atoms with van der Waals surface area (Å²) in [4.78, 5) is 75.3. The number of imidazole rings is 1. The number of ether oxygens (including phenoxy) is 1. The Balaban J connectivity index is 1.50. The molecule has 29 heteroatoms. The number of phosphoric ester groups is 3. The quantitative estimate of drug-likeness (QED) is 0.0367. The van der Waals surface area contributed by atoms with Crippen molar-refractivity contribution in [1.29, 1.82) is 0 Å². The van der Waals surface area contributed by atoms with Crippen LogP contribution in [0.25, 0.3) is 11.2 Å². The molecule has 1 saturated heterocycles. The van der Waals surface area contributed by atoms with Gasteiger partial charge in [-0.2, -0.15) is 16.1 Å². The number of hydrogen-bond acceptors (Lipinski definition) is 19. The van der Waals surface area contributed by atoms with Gasteiger partial charge in [0.2, 0.25) is 11.8 Å². The van der Waals surface area contributed by atoms with E-state index in [1.807, 2.05) is 0 Å². The number of aliphatic hydroxyl groups excluding tert-OH is 4. The highest BCUT2D eigenvalue weighted by atomic mass is 32.2. The minimum absolute atomic E-state index is 0.0286. The fourth-order valence-electron chi connectivity index (χ4n) is 4.51. The number of anilines is 1. The van der Waals surface area contributed by atoms with Crippen LogP contribution in [0.3, 0.4) is 0 Å². The topological polar surface area (TPSA) is 387 Å². The lowest BCUT2D eigenvalue weighted by Gasteiger charge is -2.30. The zero-order valence-electron chi connectivity index (χ0n) is 28.6. The number of rotatable bonds is 22. The second-order valence-corrected chi connectivity index (χ2v) is 17.4. The van der Waals surface area contributed by atoms with Gasteiger partial charge in [0.1, 0.15) is 42.0 Å². The molecule has 2 aromatic rings. The molecule has 0 spiro atoms. The third kappa shape index (κ3) is 13.8. The summed E-state index contributed by atoms with van der Waals surface area (Å²) in [6.07, 6.45) is -5.48. The zero-order chi connectivity index (χ0) is 40.5. The Morgan fingerprint density at radius 1 is 1.11 bits per heavy atom. The van der Waals surface area contributed by atoms with E-state index >= 15 is 0 Å². The Kier molecular flexibility index (Phi) is 16.5. The third-order valence-corrected chi connectivity index (χ3v) is 11.2. The summed E-state index contributed by atoms with van der Waals surface area (Å²) in [5, 5.41) is 44.2. The van der Waals surface area contributed by atoms with E-state index in [1.54, 1.807) is 0 Å². The van der Waals surface area contributed by atoms with Crippen LogP contribution in [-0.4, -0.2) is 140 Å². The van der Waals surface area contributed by atoms with Crippen LogP contribution in [0.1, 0.15) is 26.5 Å². The van der Waals surface area contributed by atoms with Crippen LogP contribution >= 0.6 is 35.2 Å². The normalized spacial score (nSPS) is 22.4. The fraction of sp³-hybridized carbons (Fsp3) is 0.640. The van der Waals surface area contributed by atoms with Crippen molar-refractivity contribution in [2.24, 2.45) is 5.41 Å². The number of hydrogen-bond donors (Lipinski definition) is 11. The van der Waals surface area contributed by atoms with E-state index in [4.69, 9.17) is 29.7 Å². The van der Waals surface area contributed by atoms with E-state index < -0.39 is 91.2 Å². The summed E-state index contributed by atoms with van der Waals surface area (Å²) in [7, 11) is -16.4. The first-order chi connectivity index (χ1) is 25.1. The number of carbonyl (C=O) groups excluding carboxylic acids is 2. The number of phosphoric acid groups is 3. The molecule has 7 atom stereocenters. The fourth-order valence-corrected chi connectivity index (χ4v) is 8.06. The molecule has 54 heavy (non-hydrogen) atoms. The molecule has 1 fully saturated rings. The number of aliphatic hydroxyl groups is 4. The first-order valence-electron chi connectivity index (χ1n) is 15.5. The molecule has 2 amide bonds. The molecule has 3 heterocycles. The van der Waals surface area contributed by atoms with E-state index in [9.17, 15) is 53.1 Å². The van der Waals surface area contributed by atoms with E-state index in [0.717, 1.165) is 17.2 Å². The number of fused-ring (bicyclic) bond motifs is 1. The zero-order valence-corrected chi connectivity index (χ0v) is 32.1. The van der Waals surface area contributed by atoms with Gasteiger partial charge >= 0.3 is 23.5 Å². The number of aromatic nitrogens is 4. The molecule has 306 valence electrons. The van der Waals surface area contributed by atoms with Crippen molar-refractivity contribution in [2.45, 2.75) is 50.9 Å². The van der Waals surface area contributed by atoms with Gasteiger partial charge in [-0.3, -0.25) is 27.7 Å². The number of nitrogens with zero attached hydrogens (tertiary/aromatic N) is 4. The van der Waals surface area contributed by atoms with Gasteiger partial charge in [0.15, 0.2) is 17.7 Å². The maximum atomic E-state index is 12.6. The monoisotopic (exact) mass is 853 g/mol. The Bertz CT molecular complexity index is 1780. The molecule has 3 rings (SSSR count). The molecule has 2 aromatic heterocycles. The van der Waals surface area contributed by atoms with Crippen LogP contribution in [0.2, 0.25) is 0 Å². The van der Waals surface area contributed by atoms with Gasteiger partial charge in [0, 0.05) is 36.4 Å². The van der Waals surface area contributed by atoms with Gasteiger partial charge in [-0.15, -0.1) is 0 Å². The second-order valence-electron chi connectivity index (χ2n) is 12.0. The molecule has 1 aliphatic rings. The summed E-state index contributed by atoms with van der Waals surface area (Å²) < 4.78 is 61.9. The van der Waals surface area contributed by atoms with E-state index in [2.05, 4.69) is 34.4 Å². The van der Waals surface area contributed by atoms with Gasteiger partial charge in [0.05, 0.1) is 26.1 Å². The van der Waals surface area contributed by atoms with Crippen molar-refractivity contribution in [1.82, 2.24) is 30.2 Å². The van der Waals surface area contributed by atoms with E-state index in [1.165, 1.54) is 31.7 Å². The number of carbonyl (C=O) groups is 2. The summed E-state index contributed by atoms with van der Waals surface area (Å²) >= 11 is 1.38. The molecule has 12 N–H and O–H groups in total. The number of nitrogens with one attached hydrogen (secondary N) is 2. The van der Waals surface area contributed by atoms with E-state index in [0.29, 0.717) is 11.5 Å². The average Bonchev–Trinajstić information content (AvgIpc) is 3.64. The molecule has 0 radical (unpaired) electrons. The molecule has 3 unspecified atom stereocenters. The predicted molar refractivity (Wildman–Crippen MR) is 185 cm³/mol. The van der Waals surface area contributed by atoms with Gasteiger partial charge in [-0.25, -0.2) is 28.6 Å². The maximum Gasteiger partial charge on any atom is 0.481 e. The van der Waals surface area contributed by atoms with Gasteiger partial charge in [-0.1, -0.05) is 13.8 Å². The van der Waals surface area contributed by atoms with Crippen molar-refractivity contribution in [3.63, 3.8) is 0 Å². The van der Waals surface area contributed by atoms with E-state index in [-0.39, 0.29) is 42.3 Å². The lowest BCUT2D eigenvalue weighted by atomic mass is 9.87. The van der Waals surface area contributed by atoms with Crippen molar-refractivity contribution in [3.05, 3.63) is 24.5 Å². The van der Waals surface area contributed by atoms with Crippen LogP contribution in [0.15, 0.2) is 24.5 Å². The molecule has 0 saturated carbocycles. The third-order valence-electron chi connectivity index (χ3n) is 7.24.